The third-order valence-electron chi connectivity index (χ3n) is 7.54. The van der Waals surface area contributed by atoms with Crippen molar-refractivity contribution in [3.05, 3.63) is 69.8 Å². The molecule has 0 spiro atoms. The number of aryl methyl sites for hydroxylation is 1. The average Bonchev–Trinajstić information content (AvgIpc) is 2.90. The zero-order chi connectivity index (χ0) is 27.5. The summed E-state index contributed by atoms with van der Waals surface area (Å²) < 4.78 is 7.38. The summed E-state index contributed by atoms with van der Waals surface area (Å²) in [6, 6.07) is 13.3. The number of amides is 2. The van der Waals surface area contributed by atoms with Gasteiger partial charge >= 0.3 is 0 Å². The van der Waals surface area contributed by atoms with Gasteiger partial charge in [0, 0.05) is 38.3 Å². The molecule has 3 aromatic rings. The Morgan fingerprint density at radius 2 is 1.74 bits per heavy atom. The number of imide groups is 1. The molecule has 2 amide bonds. The van der Waals surface area contributed by atoms with Crippen molar-refractivity contribution in [1.82, 2.24) is 19.8 Å². The maximum absolute atomic E-state index is 13.6. The van der Waals surface area contributed by atoms with Gasteiger partial charge in [-0.15, -0.1) is 0 Å². The Morgan fingerprint density at radius 3 is 2.44 bits per heavy atom. The van der Waals surface area contributed by atoms with Crippen LogP contribution in [0.2, 0.25) is 0 Å². The highest BCUT2D eigenvalue weighted by Gasteiger charge is 2.30. The molecular weight excluding hydrogens is 494 g/mol. The van der Waals surface area contributed by atoms with Gasteiger partial charge in [-0.3, -0.25) is 29.2 Å². The zero-order valence-electron chi connectivity index (χ0n) is 22.9. The Labute approximate surface area is 228 Å². The lowest BCUT2D eigenvalue weighted by atomic mass is 10.0. The molecule has 39 heavy (non-hydrogen) atoms. The van der Waals surface area contributed by atoms with E-state index in [0.29, 0.717) is 35.1 Å². The number of hydrogen-bond donors (Lipinski definition) is 2. The summed E-state index contributed by atoms with van der Waals surface area (Å²) in [5.41, 5.74) is 3.34. The number of aromatic nitrogens is 2. The number of hydrogen-bond acceptors (Lipinski definition) is 7. The normalized spacial score (nSPS) is 19.0. The molecule has 5 rings (SSSR count). The van der Waals surface area contributed by atoms with Crippen LogP contribution in [0.15, 0.2) is 47.3 Å². The number of likely N-dealkylation sites (tertiary alicyclic amines) is 1. The Morgan fingerprint density at radius 1 is 1.03 bits per heavy atom. The van der Waals surface area contributed by atoms with Crippen molar-refractivity contribution in [3.8, 4) is 0 Å². The predicted octanol–water partition coefficient (Wildman–Crippen LogP) is 3.68. The van der Waals surface area contributed by atoms with E-state index in [1.54, 1.807) is 13.0 Å². The smallest absolute Gasteiger partial charge is 0.264 e. The van der Waals surface area contributed by atoms with Crippen molar-refractivity contribution in [3.63, 3.8) is 0 Å². The van der Waals surface area contributed by atoms with Crippen LogP contribution in [-0.2, 0) is 27.4 Å². The van der Waals surface area contributed by atoms with Crippen LogP contribution in [0.25, 0.3) is 10.9 Å². The first-order valence-corrected chi connectivity index (χ1v) is 13.8. The second-order valence-electron chi connectivity index (χ2n) is 10.8. The number of piperidine rings is 2. The van der Waals surface area contributed by atoms with Crippen LogP contribution in [0, 0.1) is 6.92 Å². The molecule has 1 aromatic heterocycles. The van der Waals surface area contributed by atoms with Crippen LogP contribution in [-0.4, -0.2) is 51.6 Å². The maximum atomic E-state index is 13.6. The maximum Gasteiger partial charge on any atom is 0.264 e. The lowest BCUT2D eigenvalue weighted by molar-refractivity contribution is -0.135. The van der Waals surface area contributed by atoms with E-state index in [1.165, 1.54) is 10.1 Å². The number of fused-ring (bicyclic) bond motifs is 1. The van der Waals surface area contributed by atoms with E-state index in [2.05, 4.69) is 58.6 Å². The lowest BCUT2D eigenvalue weighted by Gasteiger charge is -2.32. The van der Waals surface area contributed by atoms with E-state index in [0.717, 1.165) is 38.0 Å². The first-order chi connectivity index (χ1) is 18.8. The number of benzene rings is 2. The van der Waals surface area contributed by atoms with Crippen molar-refractivity contribution in [2.24, 2.45) is 0 Å². The van der Waals surface area contributed by atoms with Crippen molar-refractivity contribution in [2.45, 2.75) is 77.8 Å². The Bertz CT molecular complexity index is 1410. The van der Waals surface area contributed by atoms with Crippen molar-refractivity contribution in [1.29, 1.82) is 0 Å². The number of nitrogens with one attached hydrogen (secondary N) is 2. The average molecular weight is 532 g/mol. The number of carbonyl (C=O) groups excluding carboxylic acids is 2. The largest absolute Gasteiger partial charge is 0.380 e. The van der Waals surface area contributed by atoms with E-state index in [1.807, 2.05) is 12.1 Å². The molecule has 0 radical (unpaired) electrons. The zero-order valence-corrected chi connectivity index (χ0v) is 22.9. The molecule has 9 nitrogen and oxygen atoms in total. The minimum atomic E-state index is -0.749. The molecule has 2 aliphatic heterocycles. The van der Waals surface area contributed by atoms with E-state index in [4.69, 9.17) is 4.74 Å². The van der Waals surface area contributed by atoms with E-state index in [-0.39, 0.29) is 30.4 Å². The topological polar surface area (TPSA) is 106 Å². The molecule has 0 saturated carbocycles. The van der Waals surface area contributed by atoms with Gasteiger partial charge < -0.3 is 10.1 Å². The molecule has 1 unspecified atom stereocenters. The molecule has 0 bridgehead atoms. The molecule has 2 saturated heterocycles. The van der Waals surface area contributed by atoms with E-state index in [9.17, 15) is 14.4 Å². The molecule has 2 aliphatic rings. The molecule has 206 valence electrons. The fourth-order valence-electron chi connectivity index (χ4n) is 5.60. The Hall–Kier alpha value is -3.56. The van der Waals surface area contributed by atoms with Crippen LogP contribution in [0.5, 0.6) is 0 Å². The van der Waals surface area contributed by atoms with E-state index < -0.39 is 11.9 Å². The van der Waals surface area contributed by atoms with Gasteiger partial charge in [0.05, 0.1) is 23.1 Å². The minimum absolute atomic E-state index is 0.195. The Kier molecular flexibility index (Phi) is 8.09. The third-order valence-corrected chi connectivity index (χ3v) is 7.54. The quantitative estimate of drug-likeness (QED) is 0.427. The standard InChI is InChI=1S/C30H37N5O4/c1-19(2)39-23-13-15-34(16-14-23)18-22-9-7-21(8-10-22)17-31-24-5-4-6-25-28(24)30(38)35(20(3)32-25)26-11-12-27(36)33-29(26)37/h4-10,19,23,26,31H,11-18H2,1-3H3,(H,33,36,37). The molecule has 2 aromatic carbocycles. The number of carbonyl (C=O) groups is 2. The van der Waals surface area contributed by atoms with Gasteiger partial charge in [-0.25, -0.2) is 4.98 Å². The van der Waals surface area contributed by atoms with E-state index >= 15 is 0 Å². The third kappa shape index (κ3) is 6.20. The highest BCUT2D eigenvalue weighted by molar-refractivity contribution is 5.99. The SMILES string of the molecule is Cc1nc2cccc(NCc3ccc(CN4CCC(OC(C)C)CC4)cc3)c2c(=O)n1C1CCC(=O)NC1=O. The summed E-state index contributed by atoms with van der Waals surface area (Å²) in [6.07, 6.45) is 3.28. The molecule has 9 heteroatoms. The Balaban J connectivity index is 1.26. The fourth-order valence-corrected chi connectivity index (χ4v) is 5.60. The summed E-state index contributed by atoms with van der Waals surface area (Å²) in [5, 5.41) is 6.18. The van der Waals surface area contributed by atoms with Crippen LogP contribution < -0.4 is 16.2 Å². The van der Waals surface area contributed by atoms with Gasteiger partial charge in [0.25, 0.3) is 5.56 Å². The van der Waals surface area contributed by atoms with Gasteiger partial charge in [-0.05, 0) is 63.3 Å². The summed E-state index contributed by atoms with van der Waals surface area (Å²) in [5.74, 6) is -0.326. The van der Waals surface area contributed by atoms with Crippen LogP contribution >= 0.6 is 0 Å². The summed E-state index contributed by atoms with van der Waals surface area (Å²) >= 11 is 0. The minimum Gasteiger partial charge on any atom is -0.380 e. The second kappa shape index (κ2) is 11.7. The van der Waals surface area contributed by atoms with Gasteiger partial charge in [0.15, 0.2) is 0 Å². The predicted molar refractivity (Wildman–Crippen MR) is 150 cm³/mol. The first kappa shape index (κ1) is 27.0. The lowest BCUT2D eigenvalue weighted by Crippen LogP contribution is -2.45. The summed E-state index contributed by atoms with van der Waals surface area (Å²) in [4.78, 5) is 44.8. The van der Waals surface area contributed by atoms with Gasteiger partial charge in [0.1, 0.15) is 11.9 Å². The number of nitrogens with zero attached hydrogens (tertiary/aromatic N) is 3. The van der Waals surface area contributed by atoms with Gasteiger partial charge in [-0.2, -0.15) is 0 Å². The highest BCUT2D eigenvalue weighted by Crippen LogP contribution is 2.24. The highest BCUT2D eigenvalue weighted by atomic mass is 16.5. The molecule has 2 N–H and O–H groups in total. The number of rotatable bonds is 8. The summed E-state index contributed by atoms with van der Waals surface area (Å²) in [7, 11) is 0. The van der Waals surface area contributed by atoms with Crippen molar-refractivity contribution in [2.75, 3.05) is 18.4 Å². The molecule has 2 fully saturated rings. The van der Waals surface area contributed by atoms with Gasteiger partial charge in [0.2, 0.25) is 11.8 Å². The van der Waals surface area contributed by atoms with Crippen molar-refractivity contribution >= 4 is 28.4 Å². The second-order valence-corrected chi connectivity index (χ2v) is 10.8. The first-order valence-electron chi connectivity index (χ1n) is 13.8. The van der Waals surface area contributed by atoms with Gasteiger partial charge in [-0.1, -0.05) is 30.3 Å². The number of ether oxygens (including phenoxy) is 1. The van der Waals surface area contributed by atoms with Crippen LogP contribution in [0.4, 0.5) is 5.69 Å². The van der Waals surface area contributed by atoms with Crippen LogP contribution in [0.1, 0.15) is 62.5 Å². The number of anilines is 1. The fraction of sp³-hybridized carbons (Fsp3) is 0.467. The van der Waals surface area contributed by atoms with Crippen molar-refractivity contribution < 1.29 is 14.3 Å². The monoisotopic (exact) mass is 531 g/mol. The molecule has 1 atom stereocenters. The molecule has 0 aliphatic carbocycles. The van der Waals surface area contributed by atoms with Crippen LogP contribution in [0.3, 0.4) is 0 Å². The summed E-state index contributed by atoms with van der Waals surface area (Å²) in [6.45, 7) is 9.47. The molecule has 3 heterocycles. The molecular formula is C30H37N5O4.